The fourth-order valence-electron chi connectivity index (χ4n) is 2.37. The molecule has 4 heteroatoms. The Morgan fingerprint density at radius 1 is 1.25 bits per heavy atom. The van der Waals surface area contributed by atoms with Crippen molar-refractivity contribution < 1.29 is 4.74 Å². The van der Waals surface area contributed by atoms with Gasteiger partial charge in [0, 0.05) is 39.0 Å². The van der Waals surface area contributed by atoms with E-state index in [4.69, 9.17) is 4.74 Å². The van der Waals surface area contributed by atoms with Crippen LogP contribution >= 0.6 is 0 Å². The lowest BCUT2D eigenvalue weighted by atomic mass is 10.1. The molecule has 0 bridgehead atoms. The van der Waals surface area contributed by atoms with E-state index in [-0.39, 0.29) is 0 Å². The van der Waals surface area contributed by atoms with Crippen LogP contribution in [-0.2, 0) is 37.9 Å². The van der Waals surface area contributed by atoms with Crippen LogP contribution in [0.3, 0.4) is 0 Å². The Bertz CT molecular complexity index is 548. The summed E-state index contributed by atoms with van der Waals surface area (Å²) in [7, 11) is 3.69. The second-order valence-corrected chi connectivity index (χ2v) is 4.98. The molecule has 0 atom stereocenters. The molecule has 0 saturated carbocycles. The number of nitrogens with zero attached hydrogens (tertiary/aromatic N) is 2. The van der Waals surface area contributed by atoms with E-state index in [1.165, 1.54) is 22.4 Å². The van der Waals surface area contributed by atoms with Gasteiger partial charge in [-0.2, -0.15) is 5.10 Å². The molecule has 0 aliphatic heterocycles. The van der Waals surface area contributed by atoms with Crippen LogP contribution in [0.2, 0.25) is 0 Å². The largest absolute Gasteiger partial charge is 0.380 e. The van der Waals surface area contributed by atoms with E-state index in [9.17, 15) is 0 Å². The van der Waals surface area contributed by atoms with Gasteiger partial charge in [0.05, 0.1) is 12.3 Å². The van der Waals surface area contributed by atoms with Gasteiger partial charge in [-0.3, -0.25) is 4.68 Å². The summed E-state index contributed by atoms with van der Waals surface area (Å²) in [4.78, 5) is 0. The van der Waals surface area contributed by atoms with Gasteiger partial charge in [0.1, 0.15) is 0 Å². The van der Waals surface area contributed by atoms with Crippen LogP contribution in [-0.4, -0.2) is 16.9 Å². The maximum Gasteiger partial charge on any atom is 0.0713 e. The number of hydrogen-bond donors (Lipinski definition) is 1. The van der Waals surface area contributed by atoms with Crippen molar-refractivity contribution in [2.45, 2.75) is 33.0 Å². The Labute approximate surface area is 120 Å². The summed E-state index contributed by atoms with van der Waals surface area (Å²) in [5.41, 5.74) is 4.94. The van der Waals surface area contributed by atoms with Crippen molar-refractivity contribution in [2.75, 3.05) is 7.11 Å². The zero-order chi connectivity index (χ0) is 14.4. The Morgan fingerprint density at radius 3 is 2.80 bits per heavy atom. The molecule has 1 aromatic carbocycles. The van der Waals surface area contributed by atoms with Gasteiger partial charge in [0.15, 0.2) is 0 Å². The van der Waals surface area contributed by atoms with E-state index in [1.807, 2.05) is 11.7 Å². The lowest BCUT2D eigenvalue weighted by Gasteiger charge is -2.07. The van der Waals surface area contributed by atoms with Crippen molar-refractivity contribution in [3.63, 3.8) is 0 Å². The standard InChI is InChI=1S/C16H23N3O/c1-4-16-15(11-19(2)18-16)10-17-9-13-6-5-7-14(8-13)12-20-3/h5-8,11,17H,4,9-10,12H2,1-3H3. The highest BCUT2D eigenvalue weighted by atomic mass is 16.5. The maximum atomic E-state index is 5.16. The van der Waals surface area contributed by atoms with Crippen LogP contribution in [0, 0.1) is 0 Å². The van der Waals surface area contributed by atoms with E-state index in [0.29, 0.717) is 6.61 Å². The molecule has 0 aliphatic carbocycles. The predicted molar refractivity (Wildman–Crippen MR) is 80.3 cm³/mol. The van der Waals surface area contributed by atoms with Crippen LogP contribution in [0.1, 0.15) is 29.3 Å². The van der Waals surface area contributed by atoms with Crippen LogP contribution in [0.4, 0.5) is 0 Å². The van der Waals surface area contributed by atoms with Gasteiger partial charge in [-0.1, -0.05) is 31.2 Å². The zero-order valence-corrected chi connectivity index (χ0v) is 12.5. The van der Waals surface area contributed by atoms with Crippen molar-refractivity contribution in [1.29, 1.82) is 0 Å². The third-order valence-corrected chi connectivity index (χ3v) is 3.27. The summed E-state index contributed by atoms with van der Waals surface area (Å²) in [5.74, 6) is 0. The molecule has 0 unspecified atom stereocenters. The van der Waals surface area contributed by atoms with Crippen LogP contribution in [0.5, 0.6) is 0 Å². The van der Waals surface area contributed by atoms with Crippen molar-refractivity contribution in [2.24, 2.45) is 7.05 Å². The lowest BCUT2D eigenvalue weighted by Crippen LogP contribution is -2.13. The third kappa shape index (κ3) is 3.92. The van der Waals surface area contributed by atoms with Crippen LogP contribution in [0.15, 0.2) is 30.5 Å². The van der Waals surface area contributed by atoms with E-state index in [1.54, 1.807) is 7.11 Å². The minimum Gasteiger partial charge on any atom is -0.380 e. The molecule has 0 radical (unpaired) electrons. The highest BCUT2D eigenvalue weighted by Gasteiger charge is 2.05. The van der Waals surface area contributed by atoms with Gasteiger partial charge in [0.25, 0.3) is 0 Å². The van der Waals surface area contributed by atoms with E-state index < -0.39 is 0 Å². The van der Waals surface area contributed by atoms with Gasteiger partial charge < -0.3 is 10.1 Å². The Morgan fingerprint density at radius 2 is 2.05 bits per heavy atom. The molecule has 0 aliphatic rings. The number of benzene rings is 1. The van der Waals surface area contributed by atoms with Crippen LogP contribution in [0.25, 0.3) is 0 Å². The monoisotopic (exact) mass is 273 g/mol. The zero-order valence-electron chi connectivity index (χ0n) is 12.5. The SMILES string of the molecule is CCc1nn(C)cc1CNCc1cccc(COC)c1. The topological polar surface area (TPSA) is 39.1 Å². The summed E-state index contributed by atoms with van der Waals surface area (Å²) in [6.07, 6.45) is 3.06. The third-order valence-electron chi connectivity index (χ3n) is 3.27. The Hall–Kier alpha value is -1.65. The summed E-state index contributed by atoms with van der Waals surface area (Å²) in [6.45, 7) is 4.51. The summed E-state index contributed by atoms with van der Waals surface area (Å²) in [6, 6.07) is 8.48. The molecular weight excluding hydrogens is 250 g/mol. The van der Waals surface area contributed by atoms with E-state index >= 15 is 0 Å². The predicted octanol–water partition coefficient (Wildman–Crippen LogP) is 2.42. The van der Waals surface area contributed by atoms with Crippen molar-refractivity contribution in [1.82, 2.24) is 15.1 Å². The Balaban J connectivity index is 1.90. The molecule has 2 aromatic rings. The average Bonchev–Trinajstić information content (AvgIpc) is 2.80. The van der Waals surface area contributed by atoms with E-state index in [0.717, 1.165) is 19.5 Å². The highest BCUT2D eigenvalue weighted by Crippen LogP contribution is 2.09. The molecule has 4 nitrogen and oxygen atoms in total. The molecule has 0 saturated heterocycles. The molecule has 0 spiro atoms. The molecule has 1 heterocycles. The molecule has 1 N–H and O–H groups in total. The molecule has 108 valence electrons. The van der Waals surface area contributed by atoms with Gasteiger partial charge in [-0.05, 0) is 17.5 Å². The molecule has 0 fully saturated rings. The number of nitrogens with one attached hydrogen (secondary N) is 1. The minimum absolute atomic E-state index is 0.663. The van der Waals surface area contributed by atoms with Crippen molar-refractivity contribution in [3.8, 4) is 0 Å². The van der Waals surface area contributed by atoms with Gasteiger partial charge in [0.2, 0.25) is 0 Å². The maximum absolute atomic E-state index is 5.16. The summed E-state index contributed by atoms with van der Waals surface area (Å²) in [5, 5.41) is 7.93. The van der Waals surface area contributed by atoms with Gasteiger partial charge in [-0.25, -0.2) is 0 Å². The van der Waals surface area contributed by atoms with Crippen molar-refractivity contribution >= 4 is 0 Å². The molecular formula is C16H23N3O. The first-order chi connectivity index (χ1) is 9.72. The normalized spacial score (nSPS) is 10.9. The first kappa shape index (κ1) is 14.8. The number of ether oxygens (including phenoxy) is 1. The van der Waals surface area contributed by atoms with Gasteiger partial charge >= 0.3 is 0 Å². The second-order valence-electron chi connectivity index (χ2n) is 4.98. The molecule has 0 amide bonds. The fraction of sp³-hybridized carbons (Fsp3) is 0.438. The van der Waals surface area contributed by atoms with Crippen LogP contribution < -0.4 is 5.32 Å². The quantitative estimate of drug-likeness (QED) is 0.842. The molecule has 2 rings (SSSR count). The fourth-order valence-corrected chi connectivity index (χ4v) is 2.37. The number of methoxy groups -OCH3 is 1. The van der Waals surface area contributed by atoms with Gasteiger partial charge in [-0.15, -0.1) is 0 Å². The first-order valence-corrected chi connectivity index (χ1v) is 7.01. The highest BCUT2D eigenvalue weighted by molar-refractivity contribution is 5.23. The molecule has 1 aromatic heterocycles. The number of aromatic nitrogens is 2. The number of aryl methyl sites for hydroxylation is 2. The molecule has 20 heavy (non-hydrogen) atoms. The summed E-state index contributed by atoms with van der Waals surface area (Å²) < 4.78 is 7.04. The number of hydrogen-bond acceptors (Lipinski definition) is 3. The number of rotatable bonds is 7. The average molecular weight is 273 g/mol. The first-order valence-electron chi connectivity index (χ1n) is 7.01. The second kappa shape index (κ2) is 7.22. The Kier molecular flexibility index (Phi) is 5.32. The van der Waals surface area contributed by atoms with Crippen molar-refractivity contribution in [3.05, 3.63) is 52.8 Å². The van der Waals surface area contributed by atoms with E-state index in [2.05, 4.69) is 47.8 Å². The summed E-state index contributed by atoms with van der Waals surface area (Å²) >= 11 is 0. The minimum atomic E-state index is 0.663. The lowest BCUT2D eigenvalue weighted by molar-refractivity contribution is 0.185. The smallest absolute Gasteiger partial charge is 0.0713 e.